The molecule has 6 nitrogen and oxygen atoms in total. The summed E-state index contributed by atoms with van der Waals surface area (Å²) in [5, 5.41) is 19.7. The molecular weight excluding hydrogens is 220 g/mol. The second kappa shape index (κ2) is 5.82. The molecule has 1 rings (SSSR count). The zero-order valence-corrected chi connectivity index (χ0v) is 9.59. The second-order valence-corrected chi connectivity index (χ2v) is 3.44. The van der Waals surface area contributed by atoms with Crippen LogP contribution in [0.4, 0.5) is 11.4 Å². The highest BCUT2D eigenvalue weighted by molar-refractivity contribution is 5.65. The standard InChI is InChI=1S/C11H14N4O2/c1-2-14(6-5-12)10-4-3-9(8-13)7-11(10)15(16)17/h3-4,7H,2,5-6,12H2,1H3. The highest BCUT2D eigenvalue weighted by atomic mass is 16.6. The number of nitriles is 1. The molecule has 1 aromatic rings. The van der Waals surface area contributed by atoms with Crippen LogP contribution in [0.1, 0.15) is 12.5 Å². The summed E-state index contributed by atoms with van der Waals surface area (Å²) in [7, 11) is 0. The van der Waals surface area contributed by atoms with E-state index in [1.165, 1.54) is 6.07 Å². The fourth-order valence-electron chi connectivity index (χ4n) is 1.61. The van der Waals surface area contributed by atoms with Gasteiger partial charge in [-0.05, 0) is 19.1 Å². The number of rotatable bonds is 5. The predicted octanol–water partition coefficient (Wildman–Crippen LogP) is 1.25. The molecule has 0 aliphatic heterocycles. The smallest absolute Gasteiger partial charge is 0.293 e. The van der Waals surface area contributed by atoms with E-state index in [0.717, 1.165) is 0 Å². The van der Waals surface area contributed by atoms with Crippen LogP contribution < -0.4 is 10.6 Å². The summed E-state index contributed by atoms with van der Waals surface area (Å²) in [6, 6.07) is 6.34. The van der Waals surface area contributed by atoms with Crippen LogP contribution in [0.5, 0.6) is 0 Å². The summed E-state index contributed by atoms with van der Waals surface area (Å²) in [5.41, 5.74) is 6.19. The maximum absolute atomic E-state index is 11.0. The maximum atomic E-state index is 11.0. The van der Waals surface area contributed by atoms with Crippen LogP contribution in [0.3, 0.4) is 0 Å². The van der Waals surface area contributed by atoms with E-state index in [-0.39, 0.29) is 11.3 Å². The Balaban J connectivity index is 3.22. The maximum Gasteiger partial charge on any atom is 0.293 e. The highest BCUT2D eigenvalue weighted by Crippen LogP contribution is 2.28. The Kier molecular flexibility index (Phi) is 4.43. The Labute approximate surface area is 99.4 Å². The van der Waals surface area contributed by atoms with Gasteiger partial charge in [0.2, 0.25) is 0 Å². The van der Waals surface area contributed by atoms with E-state index in [1.54, 1.807) is 12.1 Å². The molecule has 0 saturated heterocycles. The monoisotopic (exact) mass is 234 g/mol. The van der Waals surface area contributed by atoms with E-state index >= 15 is 0 Å². The summed E-state index contributed by atoms with van der Waals surface area (Å²) in [6.45, 7) is 3.50. The first-order valence-corrected chi connectivity index (χ1v) is 5.27. The van der Waals surface area contributed by atoms with Gasteiger partial charge >= 0.3 is 0 Å². The van der Waals surface area contributed by atoms with E-state index in [9.17, 15) is 10.1 Å². The normalized spacial score (nSPS) is 9.71. The number of likely N-dealkylation sites (N-methyl/N-ethyl adjacent to an activating group) is 1. The van der Waals surface area contributed by atoms with Gasteiger partial charge in [-0.2, -0.15) is 5.26 Å². The van der Waals surface area contributed by atoms with Crippen molar-refractivity contribution in [1.82, 2.24) is 0 Å². The lowest BCUT2D eigenvalue weighted by Gasteiger charge is -2.21. The molecular formula is C11H14N4O2. The third-order valence-electron chi connectivity index (χ3n) is 2.42. The van der Waals surface area contributed by atoms with E-state index in [1.807, 2.05) is 17.9 Å². The lowest BCUT2D eigenvalue weighted by Crippen LogP contribution is -2.29. The number of hydrogen-bond acceptors (Lipinski definition) is 5. The molecule has 0 amide bonds. The van der Waals surface area contributed by atoms with Gasteiger partial charge in [-0.3, -0.25) is 10.1 Å². The van der Waals surface area contributed by atoms with Crippen LogP contribution in [0, 0.1) is 21.4 Å². The van der Waals surface area contributed by atoms with Crippen molar-refractivity contribution < 1.29 is 4.92 Å². The van der Waals surface area contributed by atoms with E-state index in [0.29, 0.717) is 25.3 Å². The number of nitrogens with two attached hydrogens (primary N) is 1. The van der Waals surface area contributed by atoms with E-state index in [4.69, 9.17) is 11.0 Å². The fourth-order valence-corrected chi connectivity index (χ4v) is 1.61. The largest absolute Gasteiger partial charge is 0.365 e. The van der Waals surface area contributed by atoms with E-state index < -0.39 is 4.92 Å². The molecule has 6 heteroatoms. The molecule has 0 radical (unpaired) electrons. The minimum Gasteiger partial charge on any atom is -0.365 e. The van der Waals surface area contributed by atoms with Crippen molar-refractivity contribution in [2.45, 2.75) is 6.92 Å². The second-order valence-electron chi connectivity index (χ2n) is 3.44. The molecule has 0 heterocycles. The zero-order valence-electron chi connectivity index (χ0n) is 9.59. The van der Waals surface area contributed by atoms with Crippen molar-refractivity contribution in [2.75, 3.05) is 24.5 Å². The lowest BCUT2D eigenvalue weighted by molar-refractivity contribution is -0.384. The molecule has 0 atom stereocenters. The minimum absolute atomic E-state index is 0.0562. The molecule has 0 fully saturated rings. The Hall–Kier alpha value is -2.13. The zero-order chi connectivity index (χ0) is 12.8. The molecule has 0 aromatic heterocycles. The number of nitro groups is 1. The molecule has 0 bridgehead atoms. The summed E-state index contributed by atoms with van der Waals surface area (Å²) in [5.74, 6) is 0. The first kappa shape index (κ1) is 12.9. The number of nitrogens with zero attached hydrogens (tertiary/aromatic N) is 3. The van der Waals surface area contributed by atoms with Gasteiger partial charge in [-0.25, -0.2) is 0 Å². The van der Waals surface area contributed by atoms with Crippen molar-refractivity contribution >= 4 is 11.4 Å². The molecule has 1 aromatic carbocycles. The Bertz CT molecular complexity index is 453. The van der Waals surface area contributed by atoms with Gasteiger partial charge in [0.1, 0.15) is 5.69 Å². The van der Waals surface area contributed by atoms with Gasteiger partial charge in [0, 0.05) is 25.7 Å². The van der Waals surface area contributed by atoms with Crippen molar-refractivity contribution in [3.63, 3.8) is 0 Å². The Morgan fingerprint density at radius 2 is 2.29 bits per heavy atom. The number of benzene rings is 1. The van der Waals surface area contributed by atoms with Crippen LogP contribution in [0.25, 0.3) is 0 Å². The van der Waals surface area contributed by atoms with Gasteiger partial charge in [0.25, 0.3) is 5.69 Å². The van der Waals surface area contributed by atoms with Crippen molar-refractivity contribution in [3.8, 4) is 6.07 Å². The third-order valence-corrected chi connectivity index (χ3v) is 2.42. The average Bonchev–Trinajstić information content (AvgIpc) is 2.35. The van der Waals surface area contributed by atoms with Crippen molar-refractivity contribution in [1.29, 1.82) is 5.26 Å². The summed E-state index contributed by atoms with van der Waals surface area (Å²) >= 11 is 0. The van der Waals surface area contributed by atoms with Crippen LogP contribution >= 0.6 is 0 Å². The number of hydrogen-bond donors (Lipinski definition) is 1. The predicted molar refractivity (Wildman–Crippen MR) is 64.8 cm³/mol. The third kappa shape index (κ3) is 2.92. The molecule has 2 N–H and O–H groups in total. The van der Waals surface area contributed by atoms with Crippen molar-refractivity contribution in [3.05, 3.63) is 33.9 Å². The Morgan fingerprint density at radius 1 is 1.59 bits per heavy atom. The van der Waals surface area contributed by atoms with Gasteiger partial charge < -0.3 is 10.6 Å². The van der Waals surface area contributed by atoms with Gasteiger partial charge in [0.15, 0.2) is 0 Å². The lowest BCUT2D eigenvalue weighted by atomic mass is 10.1. The molecule has 0 aliphatic carbocycles. The highest BCUT2D eigenvalue weighted by Gasteiger charge is 2.18. The molecule has 90 valence electrons. The van der Waals surface area contributed by atoms with Crippen LogP contribution in [-0.2, 0) is 0 Å². The first-order valence-electron chi connectivity index (χ1n) is 5.27. The van der Waals surface area contributed by atoms with Crippen LogP contribution in [-0.4, -0.2) is 24.6 Å². The van der Waals surface area contributed by atoms with Gasteiger partial charge in [-0.15, -0.1) is 0 Å². The van der Waals surface area contributed by atoms with Gasteiger partial charge in [0.05, 0.1) is 16.6 Å². The topological polar surface area (TPSA) is 96.2 Å². The fraction of sp³-hybridized carbons (Fsp3) is 0.364. The molecule has 0 saturated carbocycles. The molecule has 0 spiro atoms. The molecule has 0 aliphatic rings. The Morgan fingerprint density at radius 3 is 2.76 bits per heavy atom. The van der Waals surface area contributed by atoms with Crippen LogP contribution in [0.2, 0.25) is 0 Å². The average molecular weight is 234 g/mol. The van der Waals surface area contributed by atoms with E-state index in [2.05, 4.69) is 0 Å². The SMILES string of the molecule is CCN(CCN)c1ccc(C#N)cc1[N+](=O)[O-]. The summed E-state index contributed by atoms with van der Waals surface area (Å²) in [4.78, 5) is 12.3. The number of anilines is 1. The summed E-state index contributed by atoms with van der Waals surface area (Å²) < 4.78 is 0. The molecule has 0 unspecified atom stereocenters. The molecule has 17 heavy (non-hydrogen) atoms. The number of nitro benzene ring substituents is 1. The van der Waals surface area contributed by atoms with Gasteiger partial charge in [-0.1, -0.05) is 0 Å². The van der Waals surface area contributed by atoms with Crippen molar-refractivity contribution in [2.24, 2.45) is 5.73 Å². The quantitative estimate of drug-likeness (QED) is 0.611. The first-order chi connectivity index (χ1) is 8.13. The minimum atomic E-state index is -0.477. The summed E-state index contributed by atoms with van der Waals surface area (Å²) in [6.07, 6.45) is 0. The van der Waals surface area contributed by atoms with Crippen LogP contribution in [0.15, 0.2) is 18.2 Å².